The second kappa shape index (κ2) is 6.83. The zero-order valence-electron chi connectivity index (χ0n) is 16.9. The van der Waals surface area contributed by atoms with Gasteiger partial charge in [-0.3, -0.25) is 9.59 Å². The molecular weight excluding hydrogens is 382 g/mol. The van der Waals surface area contributed by atoms with Gasteiger partial charge in [-0.2, -0.15) is 5.10 Å². The van der Waals surface area contributed by atoms with Gasteiger partial charge in [0.2, 0.25) is 0 Å². The average Bonchev–Trinajstić information content (AvgIpc) is 3.50. The Morgan fingerprint density at radius 1 is 1.23 bits per heavy atom. The Hall–Kier alpha value is -3.42. The molecular formula is C22H23N5O3. The molecule has 1 fully saturated rings. The molecule has 2 N–H and O–H groups in total. The highest BCUT2D eigenvalue weighted by Gasteiger charge is 2.35. The van der Waals surface area contributed by atoms with Crippen LogP contribution in [-0.2, 0) is 4.79 Å². The van der Waals surface area contributed by atoms with Crippen molar-refractivity contribution >= 4 is 28.5 Å². The van der Waals surface area contributed by atoms with Gasteiger partial charge >= 0.3 is 0 Å². The topological polar surface area (TPSA) is 103 Å². The van der Waals surface area contributed by atoms with Crippen molar-refractivity contribution < 1.29 is 14.3 Å². The molecule has 1 aromatic carbocycles. The number of fused-ring (bicyclic) bond motifs is 2. The van der Waals surface area contributed by atoms with E-state index in [0.717, 1.165) is 18.5 Å². The second-order valence-corrected chi connectivity index (χ2v) is 8.18. The number of pyridine rings is 1. The summed E-state index contributed by atoms with van der Waals surface area (Å²) in [4.78, 5) is 32.0. The van der Waals surface area contributed by atoms with Gasteiger partial charge in [0.25, 0.3) is 11.8 Å². The number of carbonyl (C=O) groups is 2. The zero-order valence-corrected chi connectivity index (χ0v) is 16.9. The fraction of sp³-hybridized carbons (Fsp3) is 0.364. The monoisotopic (exact) mass is 405 g/mol. The lowest BCUT2D eigenvalue weighted by atomic mass is 10.1. The molecule has 1 atom stereocenters. The molecule has 8 nitrogen and oxygen atoms in total. The number of para-hydroxylation sites is 2. The minimum atomic E-state index is -0.900. The molecule has 0 radical (unpaired) electrons. The first kappa shape index (κ1) is 18.6. The number of rotatable bonds is 4. The van der Waals surface area contributed by atoms with Crippen LogP contribution in [0.2, 0.25) is 0 Å². The zero-order chi connectivity index (χ0) is 21.0. The minimum absolute atomic E-state index is 0.0616. The summed E-state index contributed by atoms with van der Waals surface area (Å²) in [5, 5.41) is 5.18. The molecule has 30 heavy (non-hydrogen) atoms. The van der Waals surface area contributed by atoms with E-state index in [9.17, 15) is 9.59 Å². The first-order valence-corrected chi connectivity index (χ1v) is 10.2. The highest BCUT2D eigenvalue weighted by Crippen LogP contribution is 2.41. The predicted octanol–water partition coefficient (Wildman–Crippen LogP) is 2.78. The molecule has 0 bridgehead atoms. The van der Waals surface area contributed by atoms with Crippen molar-refractivity contribution in [1.82, 2.24) is 14.8 Å². The van der Waals surface area contributed by atoms with Crippen LogP contribution in [-0.4, -0.2) is 39.2 Å². The first-order chi connectivity index (χ1) is 14.4. The van der Waals surface area contributed by atoms with E-state index in [2.05, 4.69) is 5.10 Å². The number of nitrogens with zero attached hydrogens (tertiary/aromatic N) is 4. The summed E-state index contributed by atoms with van der Waals surface area (Å²) < 4.78 is 7.55. The third-order valence-electron chi connectivity index (χ3n) is 5.64. The van der Waals surface area contributed by atoms with E-state index in [1.807, 2.05) is 36.7 Å². The van der Waals surface area contributed by atoms with E-state index in [4.69, 9.17) is 15.5 Å². The van der Waals surface area contributed by atoms with Gasteiger partial charge < -0.3 is 15.4 Å². The van der Waals surface area contributed by atoms with Crippen molar-refractivity contribution in [2.75, 3.05) is 11.4 Å². The van der Waals surface area contributed by atoms with Crippen LogP contribution in [0.3, 0.4) is 0 Å². The highest BCUT2D eigenvalue weighted by molar-refractivity contribution is 6.14. The largest absolute Gasteiger partial charge is 0.477 e. The number of amides is 2. The third-order valence-corrected chi connectivity index (χ3v) is 5.64. The minimum Gasteiger partial charge on any atom is -0.477 e. The van der Waals surface area contributed by atoms with Crippen molar-refractivity contribution in [3.05, 3.63) is 47.8 Å². The molecule has 1 unspecified atom stereocenters. The maximum atomic E-state index is 13.8. The Morgan fingerprint density at radius 3 is 2.70 bits per heavy atom. The lowest BCUT2D eigenvalue weighted by Crippen LogP contribution is -2.49. The summed E-state index contributed by atoms with van der Waals surface area (Å²) in [5.74, 6) is 0.0291. The summed E-state index contributed by atoms with van der Waals surface area (Å²) in [7, 11) is 0. The molecule has 1 aliphatic carbocycles. The number of anilines is 1. The Morgan fingerprint density at radius 2 is 2.00 bits per heavy atom. The van der Waals surface area contributed by atoms with Gasteiger partial charge in [0.1, 0.15) is 5.75 Å². The van der Waals surface area contributed by atoms with Crippen molar-refractivity contribution in [2.24, 2.45) is 5.73 Å². The van der Waals surface area contributed by atoms with Gasteiger partial charge in [-0.05, 0) is 44.9 Å². The van der Waals surface area contributed by atoms with Crippen LogP contribution < -0.4 is 15.4 Å². The SMILES string of the molecule is CC(C)n1ncc2c(C(=O)N3CC(C(N)=O)Oc4ccccc43)cc(C3CC3)nc21. The first-order valence-electron chi connectivity index (χ1n) is 10.2. The molecule has 2 aromatic heterocycles. The molecule has 8 heteroatoms. The summed E-state index contributed by atoms with van der Waals surface area (Å²) in [6.45, 7) is 4.14. The summed E-state index contributed by atoms with van der Waals surface area (Å²) in [6.07, 6.45) is 2.95. The van der Waals surface area contributed by atoms with Gasteiger partial charge in [0.15, 0.2) is 11.8 Å². The van der Waals surface area contributed by atoms with Gasteiger partial charge in [0, 0.05) is 17.7 Å². The number of primary amides is 1. The smallest absolute Gasteiger partial charge is 0.260 e. The molecule has 2 aliphatic rings. The van der Waals surface area contributed by atoms with Crippen LogP contribution >= 0.6 is 0 Å². The van der Waals surface area contributed by atoms with Crippen molar-refractivity contribution in [3.63, 3.8) is 0 Å². The van der Waals surface area contributed by atoms with Gasteiger partial charge in [-0.25, -0.2) is 9.67 Å². The number of hydrogen-bond donors (Lipinski definition) is 1. The Labute approximate surface area is 173 Å². The van der Waals surface area contributed by atoms with Gasteiger partial charge in [-0.15, -0.1) is 0 Å². The highest BCUT2D eigenvalue weighted by atomic mass is 16.5. The predicted molar refractivity (Wildman–Crippen MR) is 112 cm³/mol. The van der Waals surface area contributed by atoms with Crippen LogP contribution in [0.1, 0.15) is 54.7 Å². The van der Waals surface area contributed by atoms with E-state index < -0.39 is 12.0 Å². The van der Waals surface area contributed by atoms with Crippen LogP contribution in [0.4, 0.5) is 5.69 Å². The number of ether oxygens (including phenoxy) is 1. The number of hydrogen-bond acceptors (Lipinski definition) is 5. The summed E-state index contributed by atoms with van der Waals surface area (Å²) >= 11 is 0. The lowest BCUT2D eigenvalue weighted by Gasteiger charge is -2.33. The number of benzene rings is 1. The van der Waals surface area contributed by atoms with E-state index >= 15 is 0 Å². The standard InChI is InChI=1S/C22H23N5O3/c1-12(2)27-21-15(10-24-27)14(9-16(25-21)13-7-8-13)22(29)26-11-19(20(23)28)30-18-6-4-3-5-17(18)26/h3-6,9-10,12-13,19H,7-8,11H2,1-2H3,(H2,23,28). The molecule has 154 valence electrons. The number of nitrogens with two attached hydrogens (primary N) is 1. The lowest BCUT2D eigenvalue weighted by molar-refractivity contribution is -0.124. The van der Waals surface area contributed by atoms with Crippen LogP contribution in [0.25, 0.3) is 11.0 Å². The Balaban J connectivity index is 1.65. The van der Waals surface area contributed by atoms with Crippen molar-refractivity contribution in [2.45, 2.75) is 44.8 Å². The molecule has 0 saturated heterocycles. The summed E-state index contributed by atoms with van der Waals surface area (Å²) in [6, 6.07) is 9.18. The fourth-order valence-electron chi connectivity index (χ4n) is 3.90. The van der Waals surface area contributed by atoms with E-state index in [-0.39, 0.29) is 18.5 Å². The molecule has 1 saturated carbocycles. The normalized spacial score (nSPS) is 18.4. The maximum absolute atomic E-state index is 13.8. The molecule has 2 amide bonds. The van der Waals surface area contributed by atoms with Crippen molar-refractivity contribution in [1.29, 1.82) is 0 Å². The third kappa shape index (κ3) is 2.99. The second-order valence-electron chi connectivity index (χ2n) is 8.18. The summed E-state index contributed by atoms with van der Waals surface area (Å²) in [5.41, 5.74) is 8.29. The van der Waals surface area contributed by atoms with E-state index in [1.165, 1.54) is 0 Å². The van der Waals surface area contributed by atoms with E-state index in [0.29, 0.717) is 34.0 Å². The van der Waals surface area contributed by atoms with Crippen LogP contribution in [0, 0.1) is 0 Å². The van der Waals surface area contributed by atoms with Crippen molar-refractivity contribution in [3.8, 4) is 5.75 Å². The molecule has 0 spiro atoms. The van der Waals surface area contributed by atoms with Gasteiger partial charge in [-0.1, -0.05) is 12.1 Å². The molecule has 3 aromatic rings. The number of aromatic nitrogens is 3. The quantitative estimate of drug-likeness (QED) is 0.719. The fourth-order valence-corrected chi connectivity index (χ4v) is 3.90. The average molecular weight is 405 g/mol. The van der Waals surface area contributed by atoms with Gasteiger partial charge in [0.05, 0.1) is 29.4 Å². The molecule has 1 aliphatic heterocycles. The molecule has 5 rings (SSSR count). The van der Waals surface area contributed by atoms with Crippen LogP contribution in [0.15, 0.2) is 36.5 Å². The van der Waals surface area contributed by atoms with Crippen LogP contribution in [0.5, 0.6) is 5.75 Å². The maximum Gasteiger partial charge on any atom is 0.260 e. The molecule has 3 heterocycles. The number of carbonyl (C=O) groups excluding carboxylic acids is 2. The Kier molecular flexibility index (Phi) is 4.23. The Bertz CT molecular complexity index is 1160. The van der Waals surface area contributed by atoms with E-state index in [1.54, 1.807) is 23.2 Å².